The summed E-state index contributed by atoms with van der Waals surface area (Å²) < 4.78 is 38.1. The fourth-order valence-corrected chi connectivity index (χ4v) is 2.87. The minimum absolute atomic E-state index is 0.0131. The van der Waals surface area contributed by atoms with E-state index in [2.05, 4.69) is 10.6 Å². The number of hydrogen-bond acceptors (Lipinski definition) is 7. The first-order valence-corrected chi connectivity index (χ1v) is 9.06. The molecule has 0 atom stereocenters. The SMILES string of the molecule is COCC1(NC(=O)CCC(=O)NCc2ccc(OC)cc2OC)COB(F)OC1. The van der Waals surface area contributed by atoms with Gasteiger partial charge in [0.05, 0.1) is 34.0 Å². The van der Waals surface area contributed by atoms with Crippen molar-refractivity contribution in [3.8, 4) is 11.5 Å². The van der Waals surface area contributed by atoms with E-state index in [1.807, 2.05) is 0 Å². The average Bonchev–Trinajstić information content (AvgIpc) is 2.73. The molecule has 0 unspecified atom stereocenters. The van der Waals surface area contributed by atoms with Gasteiger partial charge in [-0.1, -0.05) is 0 Å². The van der Waals surface area contributed by atoms with Crippen LogP contribution in [0, 0.1) is 0 Å². The number of rotatable bonds is 10. The lowest BCUT2D eigenvalue weighted by Gasteiger charge is -2.37. The Bertz CT molecular complexity index is 699. The van der Waals surface area contributed by atoms with Gasteiger partial charge in [0, 0.05) is 38.1 Å². The predicted octanol–water partition coefficient (Wildman–Crippen LogP) is 0.603. The molecule has 160 valence electrons. The van der Waals surface area contributed by atoms with Crippen LogP contribution < -0.4 is 20.1 Å². The Morgan fingerprint density at radius 2 is 1.83 bits per heavy atom. The van der Waals surface area contributed by atoms with E-state index in [4.69, 9.17) is 23.5 Å². The van der Waals surface area contributed by atoms with Gasteiger partial charge < -0.3 is 34.2 Å². The number of ether oxygens (including phenoxy) is 3. The summed E-state index contributed by atoms with van der Waals surface area (Å²) in [5.41, 5.74) is -0.205. The molecule has 1 aromatic carbocycles. The van der Waals surface area contributed by atoms with Crippen molar-refractivity contribution in [3.05, 3.63) is 23.8 Å². The maximum atomic E-state index is 13.0. The first-order valence-electron chi connectivity index (χ1n) is 9.06. The second-order valence-electron chi connectivity index (χ2n) is 6.61. The van der Waals surface area contributed by atoms with Crippen LogP contribution in [0.1, 0.15) is 18.4 Å². The third-order valence-corrected chi connectivity index (χ3v) is 4.36. The van der Waals surface area contributed by atoms with Gasteiger partial charge in [0.2, 0.25) is 11.8 Å². The Morgan fingerprint density at radius 3 is 2.45 bits per heavy atom. The summed E-state index contributed by atoms with van der Waals surface area (Å²) in [6, 6.07) is 5.28. The van der Waals surface area contributed by atoms with Crippen molar-refractivity contribution in [2.45, 2.75) is 24.9 Å². The molecule has 1 heterocycles. The van der Waals surface area contributed by atoms with Crippen LogP contribution in [0.3, 0.4) is 0 Å². The summed E-state index contributed by atoms with van der Waals surface area (Å²) in [5, 5.41) is 5.47. The molecule has 2 N–H and O–H groups in total. The van der Waals surface area contributed by atoms with Crippen LogP contribution >= 0.6 is 0 Å². The van der Waals surface area contributed by atoms with Crippen molar-refractivity contribution >= 4 is 19.2 Å². The number of carbonyl (C=O) groups excluding carboxylic acids is 2. The monoisotopic (exact) mass is 412 g/mol. The number of hydrogen-bond donors (Lipinski definition) is 2. The molecule has 1 aliphatic heterocycles. The smallest absolute Gasteiger partial charge is 0.497 e. The molecule has 0 radical (unpaired) electrons. The summed E-state index contributed by atoms with van der Waals surface area (Å²) in [6.45, 7) is 0.171. The molecule has 9 nitrogen and oxygen atoms in total. The Balaban J connectivity index is 1.80. The van der Waals surface area contributed by atoms with Crippen LogP contribution in [0.5, 0.6) is 11.5 Å². The van der Waals surface area contributed by atoms with E-state index in [0.29, 0.717) is 11.5 Å². The van der Waals surface area contributed by atoms with Crippen LogP contribution in [0.15, 0.2) is 18.2 Å². The molecule has 11 heteroatoms. The number of methoxy groups -OCH3 is 3. The standard InChI is InChI=1S/C18H26BFN2O7/c1-25-10-18(11-28-19(20)29-12-18)22-17(24)7-6-16(23)21-9-13-4-5-14(26-2)8-15(13)27-3/h4-5,8H,6-7,9-12H2,1-3H3,(H,21,23)(H,22,24). The number of carbonyl (C=O) groups is 2. The molecular formula is C18H26BFN2O7. The van der Waals surface area contributed by atoms with Crippen molar-refractivity contribution in [2.24, 2.45) is 0 Å². The lowest BCUT2D eigenvalue weighted by molar-refractivity contribution is -0.130. The molecule has 1 aliphatic rings. The van der Waals surface area contributed by atoms with E-state index < -0.39 is 12.9 Å². The Kier molecular flexibility index (Phi) is 8.68. The highest BCUT2D eigenvalue weighted by Gasteiger charge is 2.41. The normalized spacial score (nSPS) is 15.5. The van der Waals surface area contributed by atoms with E-state index in [1.165, 1.54) is 14.2 Å². The Labute approximate surface area is 169 Å². The number of amides is 2. The summed E-state index contributed by atoms with van der Waals surface area (Å²) >= 11 is 0. The fraction of sp³-hybridized carbons (Fsp3) is 0.556. The van der Waals surface area contributed by atoms with Gasteiger partial charge in [0.25, 0.3) is 0 Å². The van der Waals surface area contributed by atoms with E-state index >= 15 is 0 Å². The molecule has 1 aromatic rings. The van der Waals surface area contributed by atoms with E-state index in [9.17, 15) is 13.9 Å². The van der Waals surface area contributed by atoms with Crippen molar-refractivity contribution < 1.29 is 37.4 Å². The summed E-state index contributed by atoms with van der Waals surface area (Å²) in [4.78, 5) is 24.3. The van der Waals surface area contributed by atoms with E-state index in [0.717, 1.165) is 5.56 Å². The van der Waals surface area contributed by atoms with Gasteiger partial charge in [-0.3, -0.25) is 13.9 Å². The van der Waals surface area contributed by atoms with Gasteiger partial charge in [-0.25, -0.2) is 0 Å². The van der Waals surface area contributed by atoms with Gasteiger partial charge in [-0.15, -0.1) is 0 Å². The highest BCUT2D eigenvalue weighted by atomic mass is 19.1. The van der Waals surface area contributed by atoms with Crippen molar-refractivity contribution in [1.29, 1.82) is 0 Å². The van der Waals surface area contributed by atoms with Crippen LogP contribution in [-0.2, 0) is 30.2 Å². The second kappa shape index (κ2) is 11.0. The molecular weight excluding hydrogens is 386 g/mol. The summed E-state index contributed by atoms with van der Waals surface area (Å²) in [7, 11) is 2.72. The quantitative estimate of drug-likeness (QED) is 0.543. The highest BCUT2D eigenvalue weighted by Crippen LogP contribution is 2.24. The van der Waals surface area contributed by atoms with Crippen molar-refractivity contribution in [1.82, 2.24) is 10.6 Å². The zero-order valence-electron chi connectivity index (χ0n) is 16.8. The first-order chi connectivity index (χ1) is 13.9. The Hall–Kier alpha value is -2.37. The second-order valence-corrected chi connectivity index (χ2v) is 6.61. The molecule has 0 aromatic heterocycles. The molecule has 29 heavy (non-hydrogen) atoms. The molecule has 0 saturated carbocycles. The van der Waals surface area contributed by atoms with Gasteiger partial charge in [-0.05, 0) is 12.1 Å². The van der Waals surface area contributed by atoms with Gasteiger partial charge in [0.1, 0.15) is 17.0 Å². The zero-order chi connectivity index (χ0) is 21.3. The van der Waals surface area contributed by atoms with Crippen molar-refractivity contribution in [3.63, 3.8) is 0 Å². The van der Waals surface area contributed by atoms with E-state index in [-0.39, 0.29) is 51.0 Å². The summed E-state index contributed by atoms with van der Waals surface area (Å²) in [5.74, 6) is 0.559. The number of halogens is 1. The highest BCUT2D eigenvalue weighted by molar-refractivity contribution is 6.35. The molecule has 2 amide bonds. The van der Waals surface area contributed by atoms with Crippen LogP contribution in [-0.4, -0.2) is 65.9 Å². The van der Waals surface area contributed by atoms with Crippen molar-refractivity contribution in [2.75, 3.05) is 41.2 Å². The zero-order valence-corrected chi connectivity index (χ0v) is 16.8. The first kappa shape index (κ1) is 22.9. The maximum Gasteiger partial charge on any atom is 0.680 e. The average molecular weight is 412 g/mol. The van der Waals surface area contributed by atoms with Crippen LogP contribution in [0.25, 0.3) is 0 Å². The molecule has 0 spiro atoms. The fourth-order valence-electron chi connectivity index (χ4n) is 2.87. The summed E-state index contributed by atoms with van der Waals surface area (Å²) in [6.07, 6.45) is -0.0586. The maximum absolute atomic E-state index is 13.0. The van der Waals surface area contributed by atoms with Crippen LogP contribution in [0.2, 0.25) is 0 Å². The molecule has 1 fully saturated rings. The lowest BCUT2D eigenvalue weighted by atomic mass is 9.99. The minimum atomic E-state index is -1.82. The van der Waals surface area contributed by atoms with Gasteiger partial charge >= 0.3 is 7.40 Å². The van der Waals surface area contributed by atoms with Gasteiger partial charge in [-0.2, -0.15) is 0 Å². The third kappa shape index (κ3) is 6.88. The lowest BCUT2D eigenvalue weighted by Crippen LogP contribution is -2.62. The van der Waals surface area contributed by atoms with Crippen LogP contribution in [0.4, 0.5) is 4.32 Å². The molecule has 2 rings (SSSR count). The number of nitrogens with one attached hydrogen (secondary N) is 2. The molecule has 0 aliphatic carbocycles. The topological polar surface area (TPSA) is 104 Å². The molecule has 1 saturated heterocycles. The predicted molar refractivity (Wildman–Crippen MR) is 102 cm³/mol. The largest absolute Gasteiger partial charge is 0.680 e. The number of benzene rings is 1. The molecule has 0 bridgehead atoms. The Morgan fingerprint density at radius 1 is 1.14 bits per heavy atom. The van der Waals surface area contributed by atoms with Gasteiger partial charge in [0.15, 0.2) is 0 Å². The minimum Gasteiger partial charge on any atom is -0.497 e. The van der Waals surface area contributed by atoms with E-state index in [1.54, 1.807) is 25.3 Å². The third-order valence-electron chi connectivity index (χ3n) is 4.36.